The number of hydrogen-bond donors (Lipinski definition) is 0. The van der Waals surface area contributed by atoms with Gasteiger partial charge in [-0.05, 0) is 48.4 Å². The van der Waals surface area contributed by atoms with Gasteiger partial charge in [-0.1, -0.05) is 39.3 Å². The third-order valence-electron chi connectivity index (χ3n) is 4.80. The lowest BCUT2D eigenvalue weighted by Crippen LogP contribution is -2.30. The van der Waals surface area contributed by atoms with Crippen LogP contribution in [0.25, 0.3) is 10.7 Å². The van der Waals surface area contributed by atoms with Crippen LogP contribution in [0.3, 0.4) is 0 Å². The number of halogens is 1. The van der Waals surface area contributed by atoms with Crippen molar-refractivity contribution in [2.75, 3.05) is 6.54 Å². The SMILES string of the molecule is O=C(CCCc1nc(-c2cccs2)no1)N1CCCC1c1cccc(Br)c1. The van der Waals surface area contributed by atoms with Crippen LogP contribution in [0.15, 0.2) is 50.8 Å². The highest BCUT2D eigenvalue weighted by Crippen LogP contribution is 2.33. The minimum Gasteiger partial charge on any atom is -0.339 e. The van der Waals surface area contributed by atoms with Crippen LogP contribution in [0.2, 0.25) is 0 Å². The Morgan fingerprint density at radius 2 is 2.26 bits per heavy atom. The summed E-state index contributed by atoms with van der Waals surface area (Å²) in [7, 11) is 0. The summed E-state index contributed by atoms with van der Waals surface area (Å²) in [6, 6.07) is 12.4. The molecule has 0 saturated carbocycles. The zero-order chi connectivity index (χ0) is 18.6. The number of carbonyl (C=O) groups excluding carboxylic acids is 1. The molecule has 0 N–H and O–H groups in total. The van der Waals surface area contributed by atoms with Crippen LogP contribution < -0.4 is 0 Å². The Morgan fingerprint density at radius 1 is 1.33 bits per heavy atom. The third-order valence-corrected chi connectivity index (χ3v) is 6.16. The monoisotopic (exact) mass is 445 g/mol. The molecule has 2 aromatic heterocycles. The number of thiophene rings is 1. The molecular formula is C20H20BrN3O2S. The second-order valence-electron chi connectivity index (χ2n) is 6.64. The normalized spacial score (nSPS) is 16.8. The number of benzene rings is 1. The van der Waals surface area contributed by atoms with Crippen molar-refractivity contribution < 1.29 is 9.32 Å². The molecule has 4 rings (SSSR count). The maximum absolute atomic E-state index is 12.7. The molecule has 0 radical (unpaired) electrons. The maximum atomic E-state index is 12.7. The van der Waals surface area contributed by atoms with E-state index in [-0.39, 0.29) is 11.9 Å². The van der Waals surface area contributed by atoms with Crippen LogP contribution in [-0.4, -0.2) is 27.5 Å². The molecule has 1 aliphatic rings. The van der Waals surface area contributed by atoms with Gasteiger partial charge in [0, 0.05) is 23.9 Å². The van der Waals surface area contributed by atoms with Crippen molar-refractivity contribution in [3.8, 4) is 10.7 Å². The zero-order valence-electron chi connectivity index (χ0n) is 14.8. The summed E-state index contributed by atoms with van der Waals surface area (Å²) in [4.78, 5) is 20.2. The molecule has 5 nitrogen and oxygen atoms in total. The van der Waals surface area contributed by atoms with Crippen molar-refractivity contribution in [1.29, 1.82) is 0 Å². The molecule has 0 bridgehead atoms. The first kappa shape index (κ1) is 18.4. The summed E-state index contributed by atoms with van der Waals surface area (Å²) in [5.74, 6) is 1.42. The summed E-state index contributed by atoms with van der Waals surface area (Å²) in [6.07, 6.45) is 3.92. The van der Waals surface area contributed by atoms with E-state index in [1.807, 2.05) is 34.5 Å². The highest BCUT2D eigenvalue weighted by molar-refractivity contribution is 9.10. The predicted molar refractivity (Wildman–Crippen MR) is 108 cm³/mol. The Labute approximate surface area is 170 Å². The van der Waals surface area contributed by atoms with Gasteiger partial charge in [-0.3, -0.25) is 4.79 Å². The molecule has 140 valence electrons. The minimum absolute atomic E-state index is 0.184. The Hall–Kier alpha value is -1.99. The van der Waals surface area contributed by atoms with Gasteiger partial charge in [0.2, 0.25) is 17.6 Å². The van der Waals surface area contributed by atoms with Crippen LogP contribution in [0.4, 0.5) is 0 Å². The van der Waals surface area contributed by atoms with Gasteiger partial charge in [0.05, 0.1) is 10.9 Å². The largest absolute Gasteiger partial charge is 0.339 e. The van der Waals surface area contributed by atoms with Crippen LogP contribution in [0.1, 0.15) is 43.2 Å². The smallest absolute Gasteiger partial charge is 0.226 e. The minimum atomic E-state index is 0.184. The van der Waals surface area contributed by atoms with E-state index in [0.29, 0.717) is 31.0 Å². The summed E-state index contributed by atoms with van der Waals surface area (Å²) in [5, 5.41) is 6.01. The van der Waals surface area contributed by atoms with Crippen molar-refractivity contribution in [3.05, 3.63) is 57.7 Å². The Kier molecular flexibility index (Phi) is 5.69. The van der Waals surface area contributed by atoms with Crippen molar-refractivity contribution in [3.63, 3.8) is 0 Å². The molecule has 0 spiro atoms. The van der Waals surface area contributed by atoms with Gasteiger partial charge in [0.15, 0.2) is 0 Å². The Balaban J connectivity index is 1.32. The third kappa shape index (κ3) is 4.30. The van der Waals surface area contributed by atoms with E-state index in [2.05, 4.69) is 38.2 Å². The van der Waals surface area contributed by atoms with E-state index in [1.54, 1.807) is 11.3 Å². The molecular weight excluding hydrogens is 426 g/mol. The van der Waals surface area contributed by atoms with Crippen LogP contribution in [0.5, 0.6) is 0 Å². The van der Waals surface area contributed by atoms with Crippen molar-refractivity contribution in [1.82, 2.24) is 15.0 Å². The van der Waals surface area contributed by atoms with E-state index in [0.717, 1.165) is 28.7 Å². The Bertz CT molecular complexity index is 910. The molecule has 27 heavy (non-hydrogen) atoms. The molecule has 3 heterocycles. The first-order valence-corrected chi connectivity index (χ1v) is 10.8. The second kappa shape index (κ2) is 8.35. The van der Waals surface area contributed by atoms with Gasteiger partial charge in [-0.25, -0.2) is 0 Å². The standard InChI is InChI=1S/C20H20BrN3O2S/c21-15-6-1-5-14(13-15)16-7-3-11-24(16)19(25)10-2-9-18-22-20(23-26-18)17-8-4-12-27-17/h1,4-6,8,12-13,16H,2-3,7,9-11H2. The van der Waals surface area contributed by atoms with Gasteiger partial charge in [-0.2, -0.15) is 4.98 Å². The van der Waals surface area contributed by atoms with Gasteiger partial charge in [0.25, 0.3) is 0 Å². The summed E-state index contributed by atoms with van der Waals surface area (Å²) < 4.78 is 6.37. The van der Waals surface area contributed by atoms with Gasteiger partial charge >= 0.3 is 0 Å². The lowest BCUT2D eigenvalue weighted by Gasteiger charge is -2.25. The first-order chi connectivity index (χ1) is 13.2. The number of amides is 1. The van der Waals surface area contributed by atoms with E-state index < -0.39 is 0 Å². The number of aromatic nitrogens is 2. The molecule has 3 aromatic rings. The molecule has 0 aliphatic carbocycles. The molecule has 1 aliphatic heterocycles. The van der Waals surface area contributed by atoms with E-state index in [4.69, 9.17) is 4.52 Å². The lowest BCUT2D eigenvalue weighted by molar-refractivity contribution is -0.132. The van der Waals surface area contributed by atoms with Crippen molar-refractivity contribution in [2.24, 2.45) is 0 Å². The average molecular weight is 446 g/mol. The second-order valence-corrected chi connectivity index (χ2v) is 8.51. The Morgan fingerprint density at radius 3 is 3.07 bits per heavy atom. The summed E-state index contributed by atoms with van der Waals surface area (Å²) in [6.45, 7) is 0.832. The number of hydrogen-bond acceptors (Lipinski definition) is 5. The van der Waals surface area contributed by atoms with Crippen LogP contribution >= 0.6 is 27.3 Å². The van der Waals surface area contributed by atoms with E-state index in [9.17, 15) is 4.79 Å². The molecule has 1 fully saturated rings. The van der Waals surface area contributed by atoms with Crippen LogP contribution in [-0.2, 0) is 11.2 Å². The van der Waals surface area contributed by atoms with Gasteiger partial charge in [-0.15, -0.1) is 11.3 Å². The number of carbonyl (C=O) groups is 1. The zero-order valence-corrected chi connectivity index (χ0v) is 17.2. The maximum Gasteiger partial charge on any atom is 0.226 e. The number of likely N-dealkylation sites (tertiary alicyclic amines) is 1. The molecule has 1 atom stereocenters. The predicted octanol–water partition coefficient (Wildman–Crippen LogP) is 5.25. The fourth-order valence-corrected chi connectivity index (χ4v) is 4.59. The van der Waals surface area contributed by atoms with Crippen molar-refractivity contribution >= 4 is 33.2 Å². The topological polar surface area (TPSA) is 59.2 Å². The molecule has 1 saturated heterocycles. The molecule has 1 unspecified atom stereocenters. The molecule has 1 amide bonds. The van der Waals surface area contributed by atoms with E-state index >= 15 is 0 Å². The highest BCUT2D eigenvalue weighted by atomic mass is 79.9. The first-order valence-electron chi connectivity index (χ1n) is 9.12. The highest BCUT2D eigenvalue weighted by Gasteiger charge is 2.29. The van der Waals surface area contributed by atoms with Crippen LogP contribution in [0, 0.1) is 0 Å². The fraction of sp³-hybridized carbons (Fsp3) is 0.350. The van der Waals surface area contributed by atoms with Crippen molar-refractivity contribution in [2.45, 2.75) is 38.1 Å². The van der Waals surface area contributed by atoms with E-state index in [1.165, 1.54) is 5.56 Å². The number of rotatable bonds is 6. The molecule has 7 heteroatoms. The van der Waals surface area contributed by atoms with Gasteiger partial charge < -0.3 is 9.42 Å². The van der Waals surface area contributed by atoms with Gasteiger partial charge in [0.1, 0.15) is 0 Å². The molecule has 1 aromatic carbocycles. The lowest BCUT2D eigenvalue weighted by atomic mass is 10.0. The number of nitrogens with zero attached hydrogens (tertiary/aromatic N) is 3. The average Bonchev–Trinajstić information content (AvgIpc) is 3.41. The number of aryl methyl sites for hydroxylation is 1. The quantitative estimate of drug-likeness (QED) is 0.519. The fourth-order valence-electron chi connectivity index (χ4n) is 3.52. The summed E-state index contributed by atoms with van der Waals surface area (Å²) >= 11 is 5.11. The summed E-state index contributed by atoms with van der Waals surface area (Å²) in [5.41, 5.74) is 1.20.